The zero-order chi connectivity index (χ0) is 13.9. The lowest BCUT2D eigenvalue weighted by Gasteiger charge is -2.25. The van der Waals surface area contributed by atoms with Gasteiger partial charge in [-0.3, -0.25) is 0 Å². The first-order valence-corrected chi connectivity index (χ1v) is 6.84. The summed E-state index contributed by atoms with van der Waals surface area (Å²) in [6, 6.07) is 7.95. The highest BCUT2D eigenvalue weighted by molar-refractivity contribution is 5.88. The van der Waals surface area contributed by atoms with Gasteiger partial charge in [-0.25, -0.2) is 4.98 Å². The van der Waals surface area contributed by atoms with Gasteiger partial charge in [-0.15, -0.1) is 0 Å². The zero-order valence-corrected chi connectivity index (χ0v) is 11.6. The van der Waals surface area contributed by atoms with Gasteiger partial charge in [0, 0.05) is 12.0 Å². The molecule has 2 heterocycles. The van der Waals surface area contributed by atoms with Crippen LogP contribution in [0.1, 0.15) is 31.4 Å². The van der Waals surface area contributed by atoms with Gasteiger partial charge in [-0.1, -0.05) is 12.1 Å². The van der Waals surface area contributed by atoms with Crippen molar-refractivity contribution in [1.29, 1.82) is 0 Å². The minimum atomic E-state index is -0.460. The molecule has 1 aromatic heterocycles. The number of ether oxygens (including phenoxy) is 3. The molecule has 0 bridgehead atoms. The number of benzene rings is 1. The third kappa shape index (κ3) is 2.12. The number of hydrogen-bond donors (Lipinski definition) is 0. The quantitative estimate of drug-likeness (QED) is 0.850. The molecule has 1 unspecified atom stereocenters. The summed E-state index contributed by atoms with van der Waals surface area (Å²) in [7, 11) is 0. The molecule has 0 spiro atoms. The summed E-state index contributed by atoms with van der Waals surface area (Å²) < 4.78 is 17.1. The van der Waals surface area contributed by atoms with Gasteiger partial charge in [0.05, 0.1) is 29.6 Å². The first kappa shape index (κ1) is 12.9. The Morgan fingerprint density at radius 2 is 2.05 bits per heavy atom. The minimum Gasteiger partial charge on any atom is -0.493 e. The Bertz CT molecular complexity index is 651. The molecule has 1 aliphatic heterocycles. The van der Waals surface area contributed by atoms with Crippen LogP contribution in [-0.2, 0) is 9.47 Å². The van der Waals surface area contributed by atoms with E-state index in [1.165, 1.54) is 0 Å². The highest BCUT2D eigenvalue weighted by atomic mass is 16.7. The maximum atomic E-state index is 5.86. The maximum absolute atomic E-state index is 5.86. The number of para-hydroxylation sites is 1. The summed E-state index contributed by atoms with van der Waals surface area (Å²) in [4.78, 5) is 4.66. The second kappa shape index (κ2) is 5.51. The summed E-state index contributed by atoms with van der Waals surface area (Å²) in [5, 5.41) is 0.983. The van der Waals surface area contributed by atoms with E-state index in [4.69, 9.17) is 14.2 Å². The fourth-order valence-corrected chi connectivity index (χ4v) is 2.39. The standard InChI is InChI=1S/C16H17NO3/c1-3-18-15-11-7-5-6-8-12(11)17-13-9-10-20-16(14(13)15)19-4-2/h5-10,16H,3-4H2,1-2H3. The lowest BCUT2D eigenvalue weighted by molar-refractivity contribution is -0.108. The van der Waals surface area contributed by atoms with Gasteiger partial charge >= 0.3 is 0 Å². The van der Waals surface area contributed by atoms with Crippen molar-refractivity contribution in [3.8, 4) is 5.75 Å². The van der Waals surface area contributed by atoms with E-state index in [1.54, 1.807) is 6.26 Å². The molecule has 0 saturated carbocycles. The number of aromatic nitrogens is 1. The van der Waals surface area contributed by atoms with Gasteiger partial charge in [0.2, 0.25) is 6.29 Å². The lowest BCUT2D eigenvalue weighted by atomic mass is 10.1. The molecule has 1 aromatic carbocycles. The van der Waals surface area contributed by atoms with Crippen LogP contribution in [0.5, 0.6) is 5.75 Å². The SMILES string of the molecule is CCOc1c2c(nc3ccccc13)C=COC2OCC. The number of nitrogens with zero attached hydrogens (tertiary/aromatic N) is 1. The van der Waals surface area contributed by atoms with Crippen LogP contribution in [0.15, 0.2) is 30.5 Å². The molecule has 0 saturated heterocycles. The Balaban J connectivity index is 2.26. The number of fused-ring (bicyclic) bond motifs is 2. The summed E-state index contributed by atoms with van der Waals surface area (Å²) in [5.74, 6) is 0.802. The van der Waals surface area contributed by atoms with Crippen molar-refractivity contribution in [2.45, 2.75) is 20.1 Å². The summed E-state index contributed by atoms with van der Waals surface area (Å²) in [6.45, 7) is 5.06. The van der Waals surface area contributed by atoms with E-state index < -0.39 is 6.29 Å². The fourth-order valence-electron chi connectivity index (χ4n) is 2.39. The van der Waals surface area contributed by atoms with E-state index >= 15 is 0 Å². The van der Waals surface area contributed by atoms with Gasteiger partial charge in [-0.05, 0) is 32.1 Å². The Hall–Kier alpha value is -2.07. The first-order valence-electron chi connectivity index (χ1n) is 6.84. The van der Waals surface area contributed by atoms with Crippen molar-refractivity contribution in [2.75, 3.05) is 13.2 Å². The molecule has 0 radical (unpaired) electrons. The van der Waals surface area contributed by atoms with E-state index in [1.807, 2.05) is 44.2 Å². The molecule has 1 atom stereocenters. The fraction of sp³-hybridized carbons (Fsp3) is 0.312. The van der Waals surface area contributed by atoms with Crippen molar-refractivity contribution in [2.24, 2.45) is 0 Å². The number of rotatable bonds is 4. The van der Waals surface area contributed by atoms with Gasteiger partial charge in [0.1, 0.15) is 5.75 Å². The van der Waals surface area contributed by atoms with Crippen LogP contribution >= 0.6 is 0 Å². The molecule has 104 valence electrons. The van der Waals surface area contributed by atoms with Crippen LogP contribution in [-0.4, -0.2) is 18.2 Å². The van der Waals surface area contributed by atoms with E-state index in [0.29, 0.717) is 13.2 Å². The molecule has 2 aromatic rings. The smallest absolute Gasteiger partial charge is 0.231 e. The molecule has 4 nitrogen and oxygen atoms in total. The van der Waals surface area contributed by atoms with Crippen LogP contribution in [0.2, 0.25) is 0 Å². The monoisotopic (exact) mass is 271 g/mol. The van der Waals surface area contributed by atoms with E-state index in [-0.39, 0.29) is 0 Å². The molecular formula is C16H17NO3. The van der Waals surface area contributed by atoms with Crippen LogP contribution in [0, 0.1) is 0 Å². The Labute approximate surface area is 118 Å². The first-order chi connectivity index (χ1) is 9.85. The largest absolute Gasteiger partial charge is 0.493 e. The molecule has 0 aliphatic carbocycles. The molecule has 4 heteroatoms. The van der Waals surface area contributed by atoms with Gasteiger partial charge < -0.3 is 14.2 Å². The second-order valence-corrected chi connectivity index (χ2v) is 4.42. The zero-order valence-electron chi connectivity index (χ0n) is 11.6. The summed E-state index contributed by atoms with van der Waals surface area (Å²) in [5.41, 5.74) is 2.63. The number of pyridine rings is 1. The van der Waals surface area contributed by atoms with Crippen molar-refractivity contribution < 1.29 is 14.2 Å². The molecule has 20 heavy (non-hydrogen) atoms. The predicted octanol–water partition coefficient (Wildman–Crippen LogP) is 3.67. The maximum Gasteiger partial charge on any atom is 0.231 e. The van der Waals surface area contributed by atoms with Crippen molar-refractivity contribution >= 4 is 17.0 Å². The van der Waals surface area contributed by atoms with Crippen LogP contribution in [0.4, 0.5) is 0 Å². The van der Waals surface area contributed by atoms with Gasteiger partial charge in [0.25, 0.3) is 0 Å². The normalized spacial score (nSPS) is 16.8. The molecule has 3 rings (SSSR count). The number of hydrogen-bond acceptors (Lipinski definition) is 4. The topological polar surface area (TPSA) is 40.6 Å². The van der Waals surface area contributed by atoms with Crippen LogP contribution in [0.25, 0.3) is 17.0 Å². The van der Waals surface area contributed by atoms with Crippen molar-refractivity contribution in [1.82, 2.24) is 4.98 Å². The van der Waals surface area contributed by atoms with Crippen LogP contribution < -0.4 is 4.74 Å². The highest BCUT2D eigenvalue weighted by Gasteiger charge is 2.26. The molecule has 0 amide bonds. The molecular weight excluding hydrogens is 254 g/mol. The lowest BCUT2D eigenvalue weighted by Crippen LogP contribution is -2.14. The summed E-state index contributed by atoms with van der Waals surface area (Å²) in [6.07, 6.45) is 3.01. The van der Waals surface area contributed by atoms with E-state index in [0.717, 1.165) is 27.9 Å². The molecule has 1 aliphatic rings. The Morgan fingerprint density at radius 1 is 1.20 bits per heavy atom. The Kier molecular flexibility index (Phi) is 3.56. The molecule has 0 fully saturated rings. The second-order valence-electron chi connectivity index (χ2n) is 4.42. The summed E-state index contributed by atoms with van der Waals surface area (Å²) >= 11 is 0. The van der Waals surface area contributed by atoms with Crippen LogP contribution in [0.3, 0.4) is 0 Å². The van der Waals surface area contributed by atoms with Crippen molar-refractivity contribution in [3.63, 3.8) is 0 Å². The van der Waals surface area contributed by atoms with Gasteiger partial charge in [0.15, 0.2) is 0 Å². The van der Waals surface area contributed by atoms with Gasteiger partial charge in [-0.2, -0.15) is 0 Å². The van der Waals surface area contributed by atoms with E-state index in [9.17, 15) is 0 Å². The third-order valence-electron chi connectivity index (χ3n) is 3.18. The van der Waals surface area contributed by atoms with Crippen molar-refractivity contribution in [3.05, 3.63) is 41.8 Å². The Morgan fingerprint density at radius 3 is 2.85 bits per heavy atom. The van der Waals surface area contributed by atoms with E-state index in [2.05, 4.69) is 4.98 Å². The average molecular weight is 271 g/mol. The minimum absolute atomic E-state index is 0.460. The third-order valence-corrected chi connectivity index (χ3v) is 3.18. The molecule has 0 N–H and O–H groups in total. The predicted molar refractivity (Wildman–Crippen MR) is 77.4 cm³/mol. The average Bonchev–Trinajstić information content (AvgIpc) is 2.47. The highest BCUT2D eigenvalue weighted by Crippen LogP contribution is 2.39.